The van der Waals surface area contributed by atoms with E-state index in [1.807, 2.05) is 0 Å². The minimum Gasteiger partial charge on any atom is -0.492 e. The standard InChI is InChI=1S/C17H17BrClFN4O3/c1-23-7-8(13-12(18)15(19)22-24(13)2)11(17(23)26)16(25)21-10-6-4-5-9(20)14(10)27-3/h4-6,8,11H,7H2,1-3H3,(H,21,25)/t8-,11-/m0/s1. The van der Waals surface area contributed by atoms with E-state index in [9.17, 15) is 14.0 Å². The molecule has 0 bridgehead atoms. The molecule has 1 N–H and O–H groups in total. The molecular weight excluding hydrogens is 443 g/mol. The number of hydrogen-bond acceptors (Lipinski definition) is 4. The number of aromatic nitrogens is 2. The van der Waals surface area contributed by atoms with E-state index in [1.165, 1.54) is 30.2 Å². The van der Waals surface area contributed by atoms with Crippen molar-refractivity contribution in [2.75, 3.05) is 26.0 Å². The smallest absolute Gasteiger partial charge is 0.237 e. The maximum absolute atomic E-state index is 13.9. The third kappa shape index (κ3) is 3.41. The molecule has 0 saturated carbocycles. The quantitative estimate of drug-likeness (QED) is 0.714. The van der Waals surface area contributed by atoms with Crippen LogP contribution in [0.2, 0.25) is 5.15 Å². The zero-order valence-electron chi connectivity index (χ0n) is 14.8. The fourth-order valence-corrected chi connectivity index (χ4v) is 4.18. The van der Waals surface area contributed by atoms with Crippen molar-refractivity contribution in [3.8, 4) is 5.75 Å². The van der Waals surface area contributed by atoms with Crippen molar-refractivity contribution in [3.63, 3.8) is 0 Å². The monoisotopic (exact) mass is 458 g/mol. The van der Waals surface area contributed by atoms with Crippen LogP contribution in [0.4, 0.5) is 10.1 Å². The minimum atomic E-state index is -1.01. The van der Waals surface area contributed by atoms with Crippen molar-refractivity contribution in [1.29, 1.82) is 0 Å². The van der Waals surface area contributed by atoms with Crippen LogP contribution < -0.4 is 10.1 Å². The Morgan fingerprint density at radius 3 is 2.74 bits per heavy atom. The van der Waals surface area contributed by atoms with E-state index in [1.54, 1.807) is 18.8 Å². The number of anilines is 1. The summed E-state index contributed by atoms with van der Waals surface area (Å²) in [6.07, 6.45) is 0. The number of benzene rings is 1. The number of nitrogens with zero attached hydrogens (tertiary/aromatic N) is 3. The Morgan fingerprint density at radius 2 is 2.15 bits per heavy atom. The van der Waals surface area contributed by atoms with Crippen molar-refractivity contribution in [1.82, 2.24) is 14.7 Å². The molecule has 27 heavy (non-hydrogen) atoms. The maximum Gasteiger partial charge on any atom is 0.237 e. The second-order valence-corrected chi connectivity index (χ2v) is 7.38. The summed E-state index contributed by atoms with van der Waals surface area (Å²) in [5.74, 6) is -3.07. The molecule has 1 saturated heterocycles. The molecule has 3 rings (SSSR count). The first-order valence-corrected chi connectivity index (χ1v) is 9.19. The SMILES string of the molecule is COc1c(F)cccc1NC(=O)[C@H]1C(=O)N(C)C[C@@H]1c1c(Br)c(Cl)nn1C. The summed E-state index contributed by atoms with van der Waals surface area (Å²) in [4.78, 5) is 27.1. The molecule has 2 atom stereocenters. The predicted molar refractivity (Wildman–Crippen MR) is 101 cm³/mol. The average Bonchev–Trinajstić information content (AvgIpc) is 3.03. The van der Waals surface area contributed by atoms with Crippen LogP contribution >= 0.6 is 27.5 Å². The molecule has 0 spiro atoms. The van der Waals surface area contributed by atoms with Crippen molar-refractivity contribution in [2.24, 2.45) is 13.0 Å². The van der Waals surface area contributed by atoms with Crippen molar-refractivity contribution in [2.45, 2.75) is 5.92 Å². The third-order valence-corrected chi connectivity index (χ3v) is 5.84. The molecule has 10 heteroatoms. The summed E-state index contributed by atoms with van der Waals surface area (Å²) >= 11 is 9.44. The third-order valence-electron chi connectivity index (χ3n) is 4.57. The number of hydrogen-bond donors (Lipinski definition) is 1. The molecule has 1 fully saturated rings. The van der Waals surface area contributed by atoms with Crippen LogP contribution in [0.1, 0.15) is 11.6 Å². The lowest BCUT2D eigenvalue weighted by atomic mass is 9.91. The zero-order chi connectivity index (χ0) is 19.9. The Hall–Kier alpha value is -2.13. The Kier molecular flexibility index (Phi) is 5.43. The van der Waals surface area contributed by atoms with E-state index >= 15 is 0 Å². The van der Waals surface area contributed by atoms with Crippen molar-refractivity contribution < 1.29 is 18.7 Å². The molecule has 0 aliphatic carbocycles. The number of likely N-dealkylation sites (tertiary alicyclic amines) is 1. The number of ether oxygens (including phenoxy) is 1. The summed E-state index contributed by atoms with van der Waals surface area (Å²) in [5, 5.41) is 6.99. The zero-order valence-corrected chi connectivity index (χ0v) is 17.1. The first kappa shape index (κ1) is 19.6. The summed E-state index contributed by atoms with van der Waals surface area (Å²) < 4.78 is 21.0. The summed E-state index contributed by atoms with van der Waals surface area (Å²) in [6.45, 7) is 0.325. The van der Waals surface area contributed by atoms with Crippen molar-refractivity contribution >= 4 is 45.0 Å². The first-order valence-electron chi connectivity index (χ1n) is 8.02. The Balaban J connectivity index is 1.96. The lowest BCUT2D eigenvalue weighted by Crippen LogP contribution is -2.33. The summed E-state index contributed by atoms with van der Waals surface area (Å²) in [6, 6.07) is 4.18. The second kappa shape index (κ2) is 7.47. The first-order chi connectivity index (χ1) is 12.8. The topological polar surface area (TPSA) is 76.5 Å². The van der Waals surface area contributed by atoms with Crippen molar-refractivity contribution in [3.05, 3.63) is 39.3 Å². The van der Waals surface area contributed by atoms with Gasteiger partial charge in [0, 0.05) is 26.6 Å². The molecule has 7 nitrogen and oxygen atoms in total. The van der Waals surface area contributed by atoms with Gasteiger partial charge in [0.2, 0.25) is 11.8 Å². The van der Waals surface area contributed by atoms with Gasteiger partial charge < -0.3 is 15.0 Å². The van der Waals surface area contributed by atoms with E-state index in [-0.39, 0.29) is 22.5 Å². The molecular formula is C17H17BrClFN4O3. The molecule has 1 aliphatic heterocycles. The summed E-state index contributed by atoms with van der Waals surface area (Å²) in [5.41, 5.74) is 0.801. The highest BCUT2D eigenvalue weighted by Gasteiger charge is 2.46. The van der Waals surface area contributed by atoms with E-state index in [0.717, 1.165) is 0 Å². The fraction of sp³-hybridized carbons (Fsp3) is 0.353. The van der Waals surface area contributed by atoms with E-state index in [4.69, 9.17) is 16.3 Å². The van der Waals surface area contributed by atoms with Gasteiger partial charge in [-0.3, -0.25) is 14.3 Å². The Bertz CT molecular complexity index is 920. The number of aryl methyl sites for hydroxylation is 1. The van der Waals surface area contributed by atoms with Gasteiger partial charge in [-0.05, 0) is 28.1 Å². The van der Waals surface area contributed by atoms with Gasteiger partial charge in [-0.1, -0.05) is 17.7 Å². The van der Waals surface area contributed by atoms with E-state index in [0.29, 0.717) is 16.7 Å². The number of likely N-dealkylation sites (N-methyl/N-ethyl adjacent to an activating group) is 1. The number of amides is 2. The predicted octanol–water partition coefficient (Wildman–Crippen LogP) is 2.79. The highest BCUT2D eigenvalue weighted by Crippen LogP contribution is 2.40. The van der Waals surface area contributed by atoms with Gasteiger partial charge in [0.05, 0.1) is 23.0 Å². The second-order valence-electron chi connectivity index (χ2n) is 6.23. The van der Waals surface area contributed by atoms with E-state index in [2.05, 4.69) is 26.3 Å². The molecule has 1 aliphatic rings. The molecule has 2 heterocycles. The highest BCUT2D eigenvalue weighted by molar-refractivity contribution is 9.10. The molecule has 2 amide bonds. The van der Waals surface area contributed by atoms with Crippen LogP contribution in [-0.4, -0.2) is 47.2 Å². The Labute approximate surface area is 168 Å². The van der Waals surface area contributed by atoms with Crippen LogP contribution in [0.25, 0.3) is 0 Å². The van der Waals surface area contributed by atoms with Gasteiger partial charge in [-0.25, -0.2) is 4.39 Å². The number of carbonyl (C=O) groups excluding carboxylic acids is 2. The normalized spacial score (nSPS) is 19.5. The number of halogens is 3. The highest BCUT2D eigenvalue weighted by atomic mass is 79.9. The van der Waals surface area contributed by atoms with Gasteiger partial charge in [0.15, 0.2) is 16.7 Å². The van der Waals surface area contributed by atoms with Gasteiger partial charge in [-0.15, -0.1) is 0 Å². The largest absolute Gasteiger partial charge is 0.492 e. The lowest BCUT2D eigenvalue weighted by molar-refractivity contribution is -0.135. The molecule has 0 unspecified atom stereocenters. The molecule has 0 radical (unpaired) electrons. The molecule has 1 aromatic heterocycles. The lowest BCUT2D eigenvalue weighted by Gasteiger charge is -2.18. The molecule has 144 valence electrons. The van der Waals surface area contributed by atoms with Crippen LogP contribution in [-0.2, 0) is 16.6 Å². The fourth-order valence-electron chi connectivity index (χ4n) is 3.34. The number of rotatable bonds is 4. The van der Waals surface area contributed by atoms with Gasteiger partial charge in [0.25, 0.3) is 0 Å². The van der Waals surface area contributed by atoms with Gasteiger partial charge in [0.1, 0.15) is 5.92 Å². The van der Waals surface area contributed by atoms with Gasteiger partial charge in [-0.2, -0.15) is 5.10 Å². The maximum atomic E-state index is 13.9. The average molecular weight is 460 g/mol. The summed E-state index contributed by atoms with van der Waals surface area (Å²) in [7, 11) is 4.62. The number of methoxy groups -OCH3 is 1. The minimum absolute atomic E-state index is 0.0917. The van der Waals surface area contributed by atoms with Crippen LogP contribution in [0.3, 0.4) is 0 Å². The Morgan fingerprint density at radius 1 is 1.44 bits per heavy atom. The molecule has 2 aromatic rings. The van der Waals surface area contributed by atoms with Crippen LogP contribution in [0, 0.1) is 11.7 Å². The molecule has 1 aromatic carbocycles. The number of nitrogens with one attached hydrogen (secondary N) is 1. The van der Waals surface area contributed by atoms with Crippen LogP contribution in [0.15, 0.2) is 22.7 Å². The van der Waals surface area contributed by atoms with Crippen LogP contribution in [0.5, 0.6) is 5.75 Å². The van der Waals surface area contributed by atoms with E-state index < -0.39 is 23.6 Å². The van der Waals surface area contributed by atoms with Gasteiger partial charge >= 0.3 is 0 Å². The number of carbonyl (C=O) groups is 2. The number of para-hydroxylation sites is 1.